The Labute approximate surface area is 158 Å². The number of rotatable bonds is 6. The van der Waals surface area contributed by atoms with Crippen molar-refractivity contribution in [1.82, 2.24) is 9.55 Å². The minimum Gasteiger partial charge on any atom is -0.497 e. The van der Waals surface area contributed by atoms with Gasteiger partial charge < -0.3 is 19.5 Å². The number of nitrogens with zero attached hydrogens (tertiary/aromatic N) is 2. The normalized spacial score (nSPS) is 10.7. The Morgan fingerprint density at radius 1 is 1.15 bits per heavy atom. The Kier molecular flexibility index (Phi) is 8.78. The minimum atomic E-state index is -1.82. The van der Waals surface area contributed by atoms with E-state index >= 15 is 0 Å². The number of fused-ring (bicyclic) bond motifs is 1. The lowest BCUT2D eigenvalue weighted by molar-refractivity contribution is -0.159. The van der Waals surface area contributed by atoms with E-state index < -0.39 is 11.9 Å². The summed E-state index contributed by atoms with van der Waals surface area (Å²) >= 11 is 0. The van der Waals surface area contributed by atoms with Crippen LogP contribution in [0.4, 0.5) is 0 Å². The second-order valence-electron chi connectivity index (χ2n) is 6.23. The Bertz CT molecular complexity index is 833. The van der Waals surface area contributed by atoms with E-state index in [1.807, 2.05) is 24.5 Å². The lowest BCUT2D eigenvalue weighted by atomic mass is 10.1. The quantitative estimate of drug-likeness (QED) is 0.587. The highest BCUT2D eigenvalue weighted by molar-refractivity contribution is 6.27. The van der Waals surface area contributed by atoms with E-state index in [2.05, 4.69) is 42.5 Å². The second kappa shape index (κ2) is 10.8. The molecule has 1 heterocycles. The third-order valence-corrected chi connectivity index (χ3v) is 3.74. The van der Waals surface area contributed by atoms with Crippen molar-refractivity contribution in [2.45, 2.75) is 40.2 Å². The van der Waals surface area contributed by atoms with Crippen molar-refractivity contribution in [2.24, 2.45) is 0 Å². The van der Waals surface area contributed by atoms with Crippen LogP contribution in [0.5, 0.6) is 5.75 Å². The summed E-state index contributed by atoms with van der Waals surface area (Å²) in [6.07, 6.45) is 8.68. The molecule has 0 spiro atoms. The molecule has 0 saturated carbocycles. The zero-order chi connectivity index (χ0) is 20.4. The maximum Gasteiger partial charge on any atom is 0.414 e. The number of ether oxygens (including phenoxy) is 1. The Morgan fingerprint density at radius 2 is 1.81 bits per heavy atom. The van der Waals surface area contributed by atoms with E-state index in [1.54, 1.807) is 7.11 Å². The highest BCUT2D eigenvalue weighted by Crippen LogP contribution is 2.20. The molecule has 146 valence electrons. The van der Waals surface area contributed by atoms with Gasteiger partial charge in [-0.15, -0.1) is 0 Å². The van der Waals surface area contributed by atoms with Crippen molar-refractivity contribution >= 4 is 23.0 Å². The molecule has 1 aromatic heterocycles. The Balaban J connectivity index is 0.000000527. The van der Waals surface area contributed by atoms with E-state index in [4.69, 9.17) is 24.5 Å². The van der Waals surface area contributed by atoms with Crippen molar-refractivity contribution in [3.05, 3.63) is 47.8 Å². The summed E-state index contributed by atoms with van der Waals surface area (Å²) in [4.78, 5) is 22.6. The number of carboxylic acids is 2. The molecule has 0 saturated heterocycles. The number of benzene rings is 1. The summed E-state index contributed by atoms with van der Waals surface area (Å²) < 4.78 is 7.44. The molecule has 1 aromatic carbocycles. The van der Waals surface area contributed by atoms with Gasteiger partial charge in [-0.25, -0.2) is 14.6 Å². The lowest BCUT2D eigenvalue weighted by Crippen LogP contribution is -2.09. The van der Waals surface area contributed by atoms with Gasteiger partial charge in [0.05, 0.1) is 24.5 Å². The van der Waals surface area contributed by atoms with E-state index in [1.165, 1.54) is 11.1 Å². The van der Waals surface area contributed by atoms with Gasteiger partial charge in [0.1, 0.15) is 5.75 Å². The molecular weight excluding hydrogens is 348 g/mol. The molecule has 0 atom stereocenters. The first-order chi connectivity index (χ1) is 12.7. The van der Waals surface area contributed by atoms with Crippen molar-refractivity contribution in [3.8, 4) is 5.75 Å². The lowest BCUT2D eigenvalue weighted by Gasteiger charge is -2.04. The Hall–Kier alpha value is -3.09. The molecule has 7 nitrogen and oxygen atoms in total. The SMILES string of the molecule is COc1ccc2ncn(C/C=C(\C)CCC=C(C)C)c2c1.O=C(O)C(=O)O. The van der Waals surface area contributed by atoms with Crippen LogP contribution in [0.3, 0.4) is 0 Å². The van der Waals surface area contributed by atoms with Crippen molar-refractivity contribution in [3.63, 3.8) is 0 Å². The maximum atomic E-state index is 9.10. The predicted molar refractivity (Wildman–Crippen MR) is 104 cm³/mol. The molecule has 0 unspecified atom stereocenters. The molecule has 27 heavy (non-hydrogen) atoms. The molecular formula is C20H26N2O5. The molecule has 7 heteroatoms. The number of aromatic nitrogens is 2. The maximum absolute atomic E-state index is 9.10. The van der Waals surface area contributed by atoms with Gasteiger partial charge in [0, 0.05) is 12.6 Å². The summed E-state index contributed by atoms with van der Waals surface area (Å²) in [5, 5.41) is 14.8. The molecule has 0 aliphatic carbocycles. The molecule has 0 aliphatic rings. The van der Waals surface area contributed by atoms with Crippen LogP contribution in [0.25, 0.3) is 11.0 Å². The van der Waals surface area contributed by atoms with Crippen LogP contribution in [0.2, 0.25) is 0 Å². The number of methoxy groups -OCH3 is 1. The molecule has 0 bridgehead atoms. The summed E-state index contributed by atoms with van der Waals surface area (Å²) in [5.74, 6) is -2.78. The first-order valence-electron chi connectivity index (χ1n) is 8.48. The first-order valence-corrected chi connectivity index (χ1v) is 8.48. The molecule has 0 radical (unpaired) electrons. The number of aliphatic carboxylic acids is 2. The summed E-state index contributed by atoms with van der Waals surface area (Å²) in [5.41, 5.74) is 4.92. The molecule has 0 aliphatic heterocycles. The number of hydrogen-bond donors (Lipinski definition) is 2. The van der Waals surface area contributed by atoms with Gasteiger partial charge in [0.25, 0.3) is 0 Å². The monoisotopic (exact) mass is 374 g/mol. The van der Waals surface area contributed by atoms with Crippen molar-refractivity contribution in [2.75, 3.05) is 7.11 Å². The van der Waals surface area contributed by atoms with E-state index in [-0.39, 0.29) is 0 Å². The molecule has 0 amide bonds. The number of allylic oxidation sites excluding steroid dienone is 4. The fourth-order valence-corrected chi connectivity index (χ4v) is 2.25. The van der Waals surface area contributed by atoms with Gasteiger partial charge in [-0.05, 0) is 45.7 Å². The predicted octanol–water partition coefficient (Wildman–Crippen LogP) is 3.89. The summed E-state index contributed by atoms with van der Waals surface area (Å²) in [7, 11) is 1.69. The van der Waals surface area contributed by atoms with Crippen LogP contribution in [0.1, 0.15) is 33.6 Å². The van der Waals surface area contributed by atoms with Gasteiger partial charge in [-0.1, -0.05) is 23.3 Å². The van der Waals surface area contributed by atoms with Crippen LogP contribution >= 0.6 is 0 Å². The van der Waals surface area contributed by atoms with Crippen LogP contribution in [-0.2, 0) is 16.1 Å². The van der Waals surface area contributed by atoms with Crippen molar-refractivity contribution in [1.29, 1.82) is 0 Å². The van der Waals surface area contributed by atoms with Gasteiger partial charge >= 0.3 is 11.9 Å². The fraction of sp³-hybridized carbons (Fsp3) is 0.350. The third-order valence-electron chi connectivity index (χ3n) is 3.74. The molecule has 2 aromatic rings. The van der Waals surface area contributed by atoms with Crippen LogP contribution in [0, 0.1) is 0 Å². The number of hydrogen-bond acceptors (Lipinski definition) is 4. The first kappa shape index (κ1) is 22.0. The topological polar surface area (TPSA) is 102 Å². The van der Waals surface area contributed by atoms with Crippen molar-refractivity contribution < 1.29 is 24.5 Å². The standard InChI is InChI=1S/C18H24N2O.C2H2O4/c1-14(2)6-5-7-15(3)10-11-20-13-19-17-9-8-16(21-4)12-18(17)20;3-1(4)2(5)6/h6,8-10,12-13H,5,7,11H2,1-4H3;(H,3,4)(H,5,6)/b15-10+;. The Morgan fingerprint density at radius 3 is 2.37 bits per heavy atom. The fourth-order valence-electron chi connectivity index (χ4n) is 2.25. The average molecular weight is 374 g/mol. The number of imidazole rings is 1. The van der Waals surface area contributed by atoms with E-state index in [0.717, 1.165) is 36.2 Å². The molecule has 0 fully saturated rings. The van der Waals surface area contributed by atoms with E-state index in [9.17, 15) is 0 Å². The highest BCUT2D eigenvalue weighted by Gasteiger charge is 2.04. The second-order valence-corrected chi connectivity index (χ2v) is 6.23. The van der Waals surface area contributed by atoms with E-state index in [0.29, 0.717) is 0 Å². The van der Waals surface area contributed by atoms with Gasteiger partial charge in [-0.2, -0.15) is 0 Å². The number of carboxylic acid groups (broad SMARTS) is 2. The van der Waals surface area contributed by atoms with Crippen LogP contribution in [0.15, 0.2) is 47.8 Å². The zero-order valence-corrected chi connectivity index (χ0v) is 16.1. The third kappa shape index (κ3) is 7.77. The highest BCUT2D eigenvalue weighted by atomic mass is 16.5. The smallest absolute Gasteiger partial charge is 0.414 e. The van der Waals surface area contributed by atoms with Crippen LogP contribution < -0.4 is 4.74 Å². The summed E-state index contributed by atoms with van der Waals surface area (Å²) in [6.45, 7) is 7.33. The molecule has 2 N–H and O–H groups in total. The minimum absolute atomic E-state index is 0.852. The van der Waals surface area contributed by atoms with Crippen LogP contribution in [-0.4, -0.2) is 38.8 Å². The summed E-state index contributed by atoms with van der Waals surface area (Å²) in [6, 6.07) is 5.98. The van der Waals surface area contributed by atoms with Gasteiger partial charge in [-0.3, -0.25) is 0 Å². The van der Waals surface area contributed by atoms with Gasteiger partial charge in [0.2, 0.25) is 0 Å². The average Bonchev–Trinajstić information content (AvgIpc) is 3.02. The molecule has 2 rings (SSSR count). The number of carbonyl (C=O) groups is 2. The zero-order valence-electron chi connectivity index (χ0n) is 16.1. The van der Waals surface area contributed by atoms with Gasteiger partial charge in [0.15, 0.2) is 0 Å². The largest absolute Gasteiger partial charge is 0.497 e.